The first kappa shape index (κ1) is 23.6. The Bertz CT molecular complexity index is 1440. The second kappa shape index (κ2) is 9.77. The normalized spacial score (nSPS) is 10.6. The molecule has 1 aromatic heterocycles. The van der Waals surface area contributed by atoms with Crippen LogP contribution in [0, 0.1) is 13.8 Å². The van der Waals surface area contributed by atoms with E-state index in [0.29, 0.717) is 22.2 Å². The van der Waals surface area contributed by atoms with Crippen molar-refractivity contribution in [2.24, 2.45) is 0 Å². The Kier molecular flexibility index (Phi) is 6.59. The molecule has 1 amide bonds. The highest BCUT2D eigenvalue weighted by atomic mass is 16.5. The van der Waals surface area contributed by atoms with Crippen molar-refractivity contribution in [3.05, 3.63) is 94.5 Å². The lowest BCUT2D eigenvalue weighted by Gasteiger charge is -2.13. The number of pyridine rings is 1. The molecule has 0 saturated carbocycles. The molecule has 176 valence electrons. The van der Waals surface area contributed by atoms with Gasteiger partial charge in [0.2, 0.25) is 0 Å². The molecule has 4 aromatic rings. The summed E-state index contributed by atoms with van der Waals surface area (Å²) in [5.41, 5.74) is 5.41. The molecule has 1 N–H and O–H groups in total. The topological polar surface area (TPSA) is 94.6 Å². The van der Waals surface area contributed by atoms with Gasteiger partial charge in [-0.1, -0.05) is 30.3 Å². The maximum absolute atomic E-state index is 13.5. The van der Waals surface area contributed by atoms with Gasteiger partial charge in [-0.15, -0.1) is 0 Å². The first-order valence-corrected chi connectivity index (χ1v) is 10.9. The smallest absolute Gasteiger partial charge is 0.337 e. The van der Waals surface area contributed by atoms with Gasteiger partial charge in [-0.05, 0) is 61.4 Å². The molecule has 0 spiro atoms. The van der Waals surface area contributed by atoms with Crippen molar-refractivity contribution in [2.45, 2.75) is 13.8 Å². The highest BCUT2D eigenvalue weighted by molar-refractivity contribution is 6.13. The van der Waals surface area contributed by atoms with Crippen molar-refractivity contribution in [1.29, 1.82) is 0 Å². The molecule has 35 heavy (non-hydrogen) atoms. The number of methoxy groups -OCH3 is 2. The Morgan fingerprint density at radius 2 is 1.43 bits per heavy atom. The number of carbonyl (C=O) groups is 3. The van der Waals surface area contributed by atoms with Crippen LogP contribution in [0.5, 0.6) is 0 Å². The third kappa shape index (κ3) is 4.89. The van der Waals surface area contributed by atoms with Gasteiger partial charge in [0.15, 0.2) is 0 Å². The Morgan fingerprint density at radius 3 is 2.06 bits per heavy atom. The minimum atomic E-state index is -0.641. The largest absolute Gasteiger partial charge is 0.465 e. The van der Waals surface area contributed by atoms with Gasteiger partial charge >= 0.3 is 11.9 Å². The van der Waals surface area contributed by atoms with E-state index in [1.54, 1.807) is 6.07 Å². The van der Waals surface area contributed by atoms with E-state index in [4.69, 9.17) is 14.5 Å². The Labute approximate surface area is 202 Å². The van der Waals surface area contributed by atoms with Crippen LogP contribution in [0.3, 0.4) is 0 Å². The SMILES string of the molecule is COC(=O)c1cc(NC(=O)c2cc(-c3ccc(C)c(C)c3)nc3ccccc23)cc(C(=O)OC)c1. The summed E-state index contributed by atoms with van der Waals surface area (Å²) in [6.07, 6.45) is 0. The average Bonchev–Trinajstić information content (AvgIpc) is 2.88. The van der Waals surface area contributed by atoms with Crippen LogP contribution < -0.4 is 5.32 Å². The predicted molar refractivity (Wildman–Crippen MR) is 134 cm³/mol. The van der Waals surface area contributed by atoms with E-state index in [1.165, 1.54) is 38.0 Å². The summed E-state index contributed by atoms with van der Waals surface area (Å²) >= 11 is 0. The van der Waals surface area contributed by atoms with Gasteiger partial charge in [-0.25, -0.2) is 14.6 Å². The van der Waals surface area contributed by atoms with Gasteiger partial charge < -0.3 is 14.8 Å². The number of esters is 2. The Hall–Kier alpha value is -4.52. The highest BCUT2D eigenvalue weighted by Gasteiger charge is 2.18. The van der Waals surface area contributed by atoms with Crippen LogP contribution in [0.15, 0.2) is 66.7 Å². The monoisotopic (exact) mass is 468 g/mol. The van der Waals surface area contributed by atoms with E-state index in [0.717, 1.165) is 11.1 Å². The average molecular weight is 469 g/mol. The number of nitrogens with zero attached hydrogens (tertiary/aromatic N) is 1. The number of para-hydroxylation sites is 1. The summed E-state index contributed by atoms with van der Waals surface area (Å²) in [6, 6.07) is 19.4. The summed E-state index contributed by atoms with van der Waals surface area (Å²) < 4.78 is 9.56. The first-order chi connectivity index (χ1) is 16.8. The number of aryl methyl sites for hydroxylation is 2. The van der Waals surface area contributed by atoms with Crippen LogP contribution in [0.1, 0.15) is 42.2 Å². The fourth-order valence-corrected chi connectivity index (χ4v) is 3.78. The molecule has 0 saturated heterocycles. The lowest BCUT2D eigenvalue weighted by molar-refractivity contribution is 0.0599. The van der Waals surface area contributed by atoms with E-state index in [1.807, 2.05) is 56.3 Å². The Morgan fingerprint density at radius 1 is 0.771 bits per heavy atom. The molecule has 0 unspecified atom stereocenters. The van der Waals surface area contributed by atoms with E-state index in [2.05, 4.69) is 5.32 Å². The lowest BCUT2D eigenvalue weighted by atomic mass is 10.0. The van der Waals surface area contributed by atoms with Gasteiger partial charge in [0.05, 0.1) is 42.1 Å². The second-order valence-corrected chi connectivity index (χ2v) is 8.11. The number of hydrogen-bond donors (Lipinski definition) is 1. The van der Waals surface area contributed by atoms with E-state index >= 15 is 0 Å². The first-order valence-electron chi connectivity index (χ1n) is 10.9. The van der Waals surface area contributed by atoms with Crippen molar-refractivity contribution in [3.8, 4) is 11.3 Å². The number of amides is 1. The fourth-order valence-electron chi connectivity index (χ4n) is 3.78. The standard InChI is InChI=1S/C28H24N2O5/c1-16-9-10-18(11-17(16)2)25-15-23(22-7-5-6-8-24(22)30-25)26(31)29-21-13-19(27(32)34-3)12-20(14-21)28(33)35-4/h5-15H,1-4H3,(H,29,31). The van der Waals surface area contributed by atoms with Crippen LogP contribution in [-0.2, 0) is 9.47 Å². The molecule has 0 atom stereocenters. The van der Waals surface area contributed by atoms with Crippen LogP contribution in [-0.4, -0.2) is 37.0 Å². The van der Waals surface area contributed by atoms with Crippen molar-refractivity contribution < 1.29 is 23.9 Å². The van der Waals surface area contributed by atoms with Crippen LogP contribution in [0.2, 0.25) is 0 Å². The zero-order chi connectivity index (χ0) is 25.1. The molecule has 7 heteroatoms. The van der Waals surface area contributed by atoms with Crippen molar-refractivity contribution in [3.63, 3.8) is 0 Å². The number of benzene rings is 3. The summed E-state index contributed by atoms with van der Waals surface area (Å²) in [5, 5.41) is 3.48. The number of nitrogens with one attached hydrogen (secondary N) is 1. The third-order valence-corrected chi connectivity index (χ3v) is 5.80. The molecule has 0 aliphatic carbocycles. The van der Waals surface area contributed by atoms with E-state index in [-0.39, 0.29) is 16.8 Å². The van der Waals surface area contributed by atoms with Crippen LogP contribution in [0.25, 0.3) is 22.2 Å². The van der Waals surface area contributed by atoms with Crippen molar-refractivity contribution in [1.82, 2.24) is 4.98 Å². The number of anilines is 1. The molecule has 0 bridgehead atoms. The number of fused-ring (bicyclic) bond motifs is 1. The highest BCUT2D eigenvalue weighted by Crippen LogP contribution is 2.27. The molecule has 4 rings (SSSR count). The zero-order valence-electron chi connectivity index (χ0n) is 19.8. The van der Waals surface area contributed by atoms with Crippen molar-refractivity contribution in [2.75, 3.05) is 19.5 Å². The molecular formula is C28H24N2O5. The fraction of sp³-hybridized carbons (Fsp3) is 0.143. The van der Waals surface area contributed by atoms with Gasteiger partial charge in [0.1, 0.15) is 0 Å². The summed E-state index contributed by atoms with van der Waals surface area (Å²) in [7, 11) is 2.48. The summed E-state index contributed by atoms with van der Waals surface area (Å²) in [6.45, 7) is 4.07. The number of aromatic nitrogens is 1. The molecule has 0 aliphatic rings. The molecular weight excluding hydrogens is 444 g/mol. The van der Waals surface area contributed by atoms with Crippen LogP contribution >= 0.6 is 0 Å². The molecule has 0 radical (unpaired) electrons. The van der Waals surface area contributed by atoms with Crippen molar-refractivity contribution >= 4 is 34.4 Å². The minimum Gasteiger partial charge on any atom is -0.465 e. The number of hydrogen-bond acceptors (Lipinski definition) is 6. The molecule has 0 aliphatic heterocycles. The number of ether oxygens (including phenoxy) is 2. The molecule has 1 heterocycles. The maximum Gasteiger partial charge on any atom is 0.337 e. The predicted octanol–water partition coefficient (Wildman–Crippen LogP) is 5.34. The third-order valence-electron chi connectivity index (χ3n) is 5.80. The van der Waals surface area contributed by atoms with E-state index in [9.17, 15) is 14.4 Å². The maximum atomic E-state index is 13.5. The molecule has 0 fully saturated rings. The van der Waals surface area contributed by atoms with Gasteiger partial charge in [0, 0.05) is 16.6 Å². The van der Waals surface area contributed by atoms with E-state index < -0.39 is 17.8 Å². The zero-order valence-corrected chi connectivity index (χ0v) is 19.8. The van der Waals surface area contributed by atoms with Gasteiger partial charge in [-0.2, -0.15) is 0 Å². The Balaban J connectivity index is 1.79. The summed E-state index contributed by atoms with van der Waals surface area (Å²) in [5.74, 6) is -1.69. The quantitative estimate of drug-likeness (QED) is 0.397. The molecule has 7 nitrogen and oxygen atoms in total. The summed E-state index contributed by atoms with van der Waals surface area (Å²) in [4.78, 5) is 42.5. The van der Waals surface area contributed by atoms with Gasteiger partial charge in [0.25, 0.3) is 5.91 Å². The second-order valence-electron chi connectivity index (χ2n) is 8.11. The number of carbonyl (C=O) groups excluding carboxylic acids is 3. The van der Waals surface area contributed by atoms with Gasteiger partial charge in [-0.3, -0.25) is 4.79 Å². The lowest BCUT2D eigenvalue weighted by Crippen LogP contribution is -2.15. The molecule has 3 aromatic carbocycles. The number of rotatable bonds is 5. The minimum absolute atomic E-state index is 0.112. The van der Waals surface area contributed by atoms with Crippen LogP contribution in [0.4, 0.5) is 5.69 Å².